The Labute approximate surface area is 122 Å². The zero-order chi connectivity index (χ0) is 14.3. The van der Waals surface area contributed by atoms with Crippen molar-refractivity contribution in [1.29, 1.82) is 0 Å². The Morgan fingerprint density at radius 1 is 1.35 bits per heavy atom. The molecule has 1 heterocycles. The Bertz CT molecular complexity index is 482. The van der Waals surface area contributed by atoms with E-state index in [1.165, 1.54) is 24.0 Å². The zero-order valence-corrected chi connectivity index (χ0v) is 13.1. The second kappa shape index (κ2) is 5.16. The van der Waals surface area contributed by atoms with E-state index in [2.05, 4.69) is 57.3 Å². The maximum atomic E-state index is 5.99. The van der Waals surface area contributed by atoms with E-state index in [4.69, 9.17) is 4.74 Å². The fourth-order valence-electron chi connectivity index (χ4n) is 4.17. The molecule has 1 aromatic carbocycles. The predicted octanol–water partition coefficient (Wildman–Crippen LogP) is 3.85. The lowest BCUT2D eigenvalue weighted by Crippen LogP contribution is -2.69. The molecular formula is C18H27NO. The molecule has 1 aliphatic carbocycles. The SMILES string of the molecule is Cc1cccc([C@H](C)NC2C3CCCOC3C2(C)C)c1. The molecule has 1 aromatic rings. The summed E-state index contributed by atoms with van der Waals surface area (Å²) in [6.45, 7) is 10.1. The van der Waals surface area contributed by atoms with E-state index >= 15 is 0 Å². The summed E-state index contributed by atoms with van der Waals surface area (Å²) in [5.74, 6) is 0.700. The van der Waals surface area contributed by atoms with Crippen LogP contribution >= 0.6 is 0 Å². The van der Waals surface area contributed by atoms with Crippen molar-refractivity contribution in [1.82, 2.24) is 5.32 Å². The smallest absolute Gasteiger partial charge is 0.0684 e. The first kappa shape index (κ1) is 14.1. The van der Waals surface area contributed by atoms with Crippen molar-refractivity contribution in [3.8, 4) is 0 Å². The van der Waals surface area contributed by atoms with E-state index in [1.54, 1.807) is 0 Å². The number of hydrogen-bond acceptors (Lipinski definition) is 2. The normalized spacial score (nSPS) is 33.1. The average molecular weight is 273 g/mol. The Morgan fingerprint density at radius 2 is 2.15 bits per heavy atom. The van der Waals surface area contributed by atoms with E-state index in [1.807, 2.05) is 0 Å². The van der Waals surface area contributed by atoms with E-state index in [-0.39, 0.29) is 5.41 Å². The molecule has 4 atom stereocenters. The van der Waals surface area contributed by atoms with Crippen LogP contribution < -0.4 is 5.32 Å². The van der Waals surface area contributed by atoms with Gasteiger partial charge >= 0.3 is 0 Å². The third-order valence-electron chi connectivity index (χ3n) is 5.30. The van der Waals surface area contributed by atoms with Gasteiger partial charge in [0, 0.05) is 30.0 Å². The van der Waals surface area contributed by atoms with Crippen LogP contribution in [0.5, 0.6) is 0 Å². The molecule has 3 unspecified atom stereocenters. The molecule has 0 radical (unpaired) electrons. The molecule has 1 saturated carbocycles. The Balaban J connectivity index is 1.71. The molecule has 0 aromatic heterocycles. The third-order valence-corrected chi connectivity index (χ3v) is 5.30. The summed E-state index contributed by atoms with van der Waals surface area (Å²) in [7, 11) is 0. The average Bonchev–Trinajstić information content (AvgIpc) is 2.44. The van der Waals surface area contributed by atoms with Crippen molar-refractivity contribution >= 4 is 0 Å². The van der Waals surface area contributed by atoms with Crippen LogP contribution in [0.15, 0.2) is 24.3 Å². The number of rotatable bonds is 3. The number of aryl methyl sites for hydroxylation is 1. The molecule has 2 fully saturated rings. The van der Waals surface area contributed by atoms with Crippen LogP contribution in [0, 0.1) is 18.3 Å². The molecule has 1 saturated heterocycles. The molecule has 2 aliphatic rings. The van der Waals surface area contributed by atoms with Crippen LogP contribution in [0.3, 0.4) is 0 Å². The Morgan fingerprint density at radius 3 is 2.90 bits per heavy atom. The van der Waals surface area contributed by atoms with Crippen LogP contribution in [0.4, 0.5) is 0 Å². The maximum Gasteiger partial charge on any atom is 0.0684 e. The summed E-state index contributed by atoms with van der Waals surface area (Å²) in [6.07, 6.45) is 2.99. The summed E-state index contributed by atoms with van der Waals surface area (Å²) in [5.41, 5.74) is 2.98. The van der Waals surface area contributed by atoms with Gasteiger partial charge in [0.15, 0.2) is 0 Å². The molecule has 110 valence electrons. The van der Waals surface area contributed by atoms with Gasteiger partial charge in [-0.15, -0.1) is 0 Å². The molecule has 20 heavy (non-hydrogen) atoms. The summed E-state index contributed by atoms with van der Waals surface area (Å²) in [6, 6.07) is 9.81. The molecule has 0 bridgehead atoms. The van der Waals surface area contributed by atoms with Crippen LogP contribution in [0.2, 0.25) is 0 Å². The lowest BCUT2D eigenvalue weighted by Gasteiger charge is -2.60. The standard InChI is InChI=1S/C18H27NO/c1-12-7-5-8-14(11-12)13(2)19-16-15-9-6-10-20-17(15)18(16,3)4/h5,7-8,11,13,15-17,19H,6,9-10H2,1-4H3/t13-,15?,16?,17?/m0/s1. The molecule has 3 rings (SSSR count). The second-order valence-electron chi connectivity index (χ2n) is 7.20. The summed E-state index contributed by atoms with van der Waals surface area (Å²) < 4.78 is 5.99. The molecule has 2 heteroatoms. The van der Waals surface area contributed by atoms with E-state index in [0.717, 1.165) is 6.61 Å². The topological polar surface area (TPSA) is 21.3 Å². The highest BCUT2D eigenvalue weighted by molar-refractivity contribution is 5.25. The van der Waals surface area contributed by atoms with Gasteiger partial charge in [0.1, 0.15) is 0 Å². The molecule has 0 spiro atoms. The number of hydrogen-bond donors (Lipinski definition) is 1. The molecule has 2 nitrogen and oxygen atoms in total. The molecule has 0 amide bonds. The summed E-state index contributed by atoms with van der Waals surface area (Å²) in [5, 5.41) is 3.87. The van der Waals surface area contributed by atoms with Gasteiger partial charge in [0.05, 0.1) is 6.10 Å². The molecule has 1 aliphatic heterocycles. The van der Waals surface area contributed by atoms with Gasteiger partial charge in [-0.3, -0.25) is 0 Å². The van der Waals surface area contributed by atoms with Gasteiger partial charge in [-0.2, -0.15) is 0 Å². The van der Waals surface area contributed by atoms with Crippen molar-refractivity contribution in [2.75, 3.05) is 6.61 Å². The molecular weight excluding hydrogens is 246 g/mol. The van der Waals surface area contributed by atoms with Crippen molar-refractivity contribution in [2.45, 2.75) is 58.7 Å². The number of ether oxygens (including phenoxy) is 1. The van der Waals surface area contributed by atoms with Gasteiger partial charge in [-0.25, -0.2) is 0 Å². The lowest BCUT2D eigenvalue weighted by atomic mass is 9.55. The van der Waals surface area contributed by atoms with Gasteiger partial charge in [0.2, 0.25) is 0 Å². The van der Waals surface area contributed by atoms with E-state index < -0.39 is 0 Å². The number of benzene rings is 1. The minimum atomic E-state index is 0.253. The van der Waals surface area contributed by atoms with Crippen LogP contribution in [0.25, 0.3) is 0 Å². The van der Waals surface area contributed by atoms with Gasteiger partial charge in [-0.1, -0.05) is 43.7 Å². The first-order valence-corrected chi connectivity index (χ1v) is 7.94. The highest BCUT2D eigenvalue weighted by atomic mass is 16.5. The largest absolute Gasteiger partial charge is 0.377 e. The third kappa shape index (κ3) is 2.29. The van der Waals surface area contributed by atoms with Crippen LogP contribution in [0.1, 0.15) is 50.8 Å². The highest BCUT2D eigenvalue weighted by Gasteiger charge is 2.57. The van der Waals surface area contributed by atoms with Crippen molar-refractivity contribution in [3.63, 3.8) is 0 Å². The quantitative estimate of drug-likeness (QED) is 0.903. The number of fused-ring (bicyclic) bond motifs is 1. The zero-order valence-electron chi connectivity index (χ0n) is 13.1. The van der Waals surface area contributed by atoms with Crippen molar-refractivity contribution < 1.29 is 4.74 Å². The monoisotopic (exact) mass is 273 g/mol. The molecule has 1 N–H and O–H groups in total. The maximum absolute atomic E-state index is 5.99. The van der Waals surface area contributed by atoms with Gasteiger partial charge in [-0.05, 0) is 32.3 Å². The lowest BCUT2D eigenvalue weighted by molar-refractivity contribution is -0.194. The van der Waals surface area contributed by atoms with Crippen molar-refractivity contribution in [3.05, 3.63) is 35.4 Å². The summed E-state index contributed by atoms with van der Waals surface area (Å²) in [4.78, 5) is 0. The van der Waals surface area contributed by atoms with Gasteiger partial charge < -0.3 is 10.1 Å². The van der Waals surface area contributed by atoms with Crippen LogP contribution in [-0.4, -0.2) is 18.8 Å². The predicted molar refractivity (Wildman–Crippen MR) is 82.8 cm³/mol. The summed E-state index contributed by atoms with van der Waals surface area (Å²) >= 11 is 0. The fraction of sp³-hybridized carbons (Fsp3) is 0.667. The van der Waals surface area contributed by atoms with Crippen molar-refractivity contribution in [2.24, 2.45) is 11.3 Å². The van der Waals surface area contributed by atoms with E-state index in [9.17, 15) is 0 Å². The Hall–Kier alpha value is -0.860. The van der Waals surface area contributed by atoms with Crippen LogP contribution in [-0.2, 0) is 4.74 Å². The van der Waals surface area contributed by atoms with Gasteiger partial charge in [0.25, 0.3) is 0 Å². The minimum Gasteiger partial charge on any atom is -0.377 e. The highest BCUT2D eigenvalue weighted by Crippen LogP contribution is 2.51. The second-order valence-corrected chi connectivity index (χ2v) is 7.20. The fourth-order valence-corrected chi connectivity index (χ4v) is 4.17. The first-order valence-electron chi connectivity index (χ1n) is 7.94. The first-order chi connectivity index (χ1) is 9.50. The van der Waals surface area contributed by atoms with E-state index in [0.29, 0.717) is 24.1 Å². The Kier molecular flexibility index (Phi) is 3.64. The minimum absolute atomic E-state index is 0.253. The number of nitrogens with one attached hydrogen (secondary N) is 1.